The van der Waals surface area contributed by atoms with Crippen molar-refractivity contribution in [1.82, 2.24) is 19.5 Å². The molecular formula is C27H34ClN7O4S. The number of aliphatic hydroxyl groups is 1. The predicted molar refractivity (Wildman–Crippen MR) is 156 cm³/mol. The van der Waals surface area contributed by atoms with E-state index in [-0.39, 0.29) is 24.5 Å². The smallest absolute Gasteiger partial charge is 0.256 e. The molecule has 1 aromatic carbocycles. The number of hydrogen-bond donors (Lipinski definition) is 2. The second-order valence-electron chi connectivity index (χ2n) is 10.6. The van der Waals surface area contributed by atoms with E-state index < -0.39 is 11.4 Å². The van der Waals surface area contributed by atoms with E-state index in [1.54, 1.807) is 18.2 Å². The Labute approximate surface area is 241 Å². The van der Waals surface area contributed by atoms with Gasteiger partial charge in [-0.2, -0.15) is 9.61 Å². The van der Waals surface area contributed by atoms with Crippen LogP contribution in [0.4, 0.5) is 17.3 Å². The van der Waals surface area contributed by atoms with Crippen molar-refractivity contribution < 1.29 is 19.2 Å². The molecule has 3 aliphatic heterocycles. The molecule has 5 heterocycles. The van der Waals surface area contributed by atoms with Crippen LogP contribution in [0.1, 0.15) is 41.4 Å². The van der Waals surface area contributed by atoms with E-state index in [2.05, 4.69) is 20.6 Å². The van der Waals surface area contributed by atoms with Crippen molar-refractivity contribution in [3.05, 3.63) is 46.6 Å². The summed E-state index contributed by atoms with van der Waals surface area (Å²) < 4.78 is 22.3. The maximum absolute atomic E-state index is 13.9. The van der Waals surface area contributed by atoms with Crippen LogP contribution in [0.15, 0.2) is 30.3 Å². The lowest BCUT2D eigenvalue weighted by Crippen LogP contribution is -2.49. The number of hydrogen-bond acceptors (Lipinski definition) is 9. The molecule has 6 rings (SSSR count). The molecule has 40 heavy (non-hydrogen) atoms. The Morgan fingerprint density at radius 3 is 2.73 bits per heavy atom. The molecule has 0 radical (unpaired) electrons. The molecule has 3 fully saturated rings. The van der Waals surface area contributed by atoms with Crippen LogP contribution in [0.2, 0.25) is 5.02 Å². The van der Waals surface area contributed by atoms with Gasteiger partial charge in [-0.25, -0.2) is 9.71 Å². The lowest BCUT2D eigenvalue weighted by atomic mass is 9.98. The topological polar surface area (TPSA) is 122 Å². The summed E-state index contributed by atoms with van der Waals surface area (Å²) >= 11 is 4.94. The van der Waals surface area contributed by atoms with Gasteiger partial charge >= 0.3 is 0 Å². The number of carbonyl (C=O) groups is 1. The molecule has 2 aromatic heterocycles. The second-order valence-corrected chi connectivity index (χ2v) is 12.2. The average Bonchev–Trinajstić information content (AvgIpc) is 3.37. The fourth-order valence-electron chi connectivity index (χ4n) is 5.75. The van der Waals surface area contributed by atoms with Gasteiger partial charge in [-0.1, -0.05) is 11.6 Å². The molecule has 2 atom stereocenters. The van der Waals surface area contributed by atoms with Crippen molar-refractivity contribution in [2.75, 3.05) is 73.3 Å². The third-order valence-corrected chi connectivity index (χ3v) is 8.60. The van der Waals surface area contributed by atoms with Crippen molar-refractivity contribution in [2.24, 2.45) is 5.92 Å². The van der Waals surface area contributed by atoms with E-state index in [9.17, 15) is 14.5 Å². The molecule has 2 N–H and O–H groups in total. The molecule has 3 aromatic rings. The summed E-state index contributed by atoms with van der Waals surface area (Å²) in [6, 6.07) is 8.84. The van der Waals surface area contributed by atoms with Gasteiger partial charge in [-0.05, 0) is 37.5 Å². The quantitative estimate of drug-likeness (QED) is 0.402. The number of fused-ring (bicyclic) bond motifs is 1. The first-order valence-electron chi connectivity index (χ1n) is 13.7. The van der Waals surface area contributed by atoms with E-state index >= 15 is 0 Å². The third kappa shape index (κ3) is 5.42. The zero-order chi connectivity index (χ0) is 27.8. The summed E-state index contributed by atoms with van der Waals surface area (Å²) in [6.45, 7) is 5.10. The van der Waals surface area contributed by atoms with Gasteiger partial charge in [-0.15, -0.1) is 0 Å². The Balaban J connectivity index is 1.36. The molecule has 0 saturated carbocycles. The number of benzene rings is 1. The van der Waals surface area contributed by atoms with Crippen LogP contribution in [0, 0.1) is 5.92 Å². The standard InChI is InChI=1S/C27H34ClN7O4S/c1-40(38)31-21-6-5-19(28)12-20(21)27(37)34-7-3-2-4-23(34)22-13-25-29-24(33-15-18(16-33)17-36)14-26(35(25)30-22)32-8-10-39-11-9-32/h5-6,12-14,18,23,31,36H,2-4,7-11,15-17H2,1H3/t23-,40?/m0/s1. The highest BCUT2D eigenvalue weighted by Gasteiger charge is 2.34. The Kier molecular flexibility index (Phi) is 7.95. The van der Waals surface area contributed by atoms with Crippen LogP contribution in [-0.2, 0) is 16.1 Å². The summed E-state index contributed by atoms with van der Waals surface area (Å²) in [5.74, 6) is 1.91. The first-order chi connectivity index (χ1) is 19.4. The molecule has 214 valence electrons. The zero-order valence-electron chi connectivity index (χ0n) is 22.5. The van der Waals surface area contributed by atoms with Crippen molar-refractivity contribution >= 4 is 51.8 Å². The summed E-state index contributed by atoms with van der Waals surface area (Å²) in [6.07, 6.45) is 4.18. The lowest BCUT2D eigenvalue weighted by Gasteiger charge is -2.39. The zero-order valence-corrected chi connectivity index (χ0v) is 24.0. The van der Waals surface area contributed by atoms with Crippen LogP contribution in [0.5, 0.6) is 0 Å². The molecular weight excluding hydrogens is 554 g/mol. The first-order valence-corrected chi connectivity index (χ1v) is 15.6. The summed E-state index contributed by atoms with van der Waals surface area (Å²) in [5, 5.41) is 15.0. The number of rotatable bonds is 7. The van der Waals surface area contributed by atoms with E-state index in [1.165, 1.54) is 6.26 Å². The maximum Gasteiger partial charge on any atom is 0.256 e. The molecule has 0 bridgehead atoms. The fourth-order valence-corrected chi connectivity index (χ4v) is 6.41. The number of amides is 1. The minimum atomic E-state index is -1.34. The molecule has 0 spiro atoms. The number of nitrogens with one attached hydrogen (secondary N) is 1. The van der Waals surface area contributed by atoms with Crippen LogP contribution in [-0.4, -0.2) is 93.9 Å². The number of piperidine rings is 1. The highest BCUT2D eigenvalue weighted by Crippen LogP contribution is 2.35. The van der Waals surface area contributed by atoms with Crippen molar-refractivity contribution in [2.45, 2.75) is 25.3 Å². The number of likely N-dealkylation sites (tertiary alicyclic amines) is 1. The highest BCUT2D eigenvalue weighted by atomic mass is 35.5. The van der Waals surface area contributed by atoms with E-state index in [1.807, 2.05) is 15.5 Å². The molecule has 3 aliphatic rings. The molecule has 11 nitrogen and oxygen atoms in total. The Hall–Kier alpha value is -2.77. The van der Waals surface area contributed by atoms with Crippen LogP contribution < -0.4 is 14.5 Å². The van der Waals surface area contributed by atoms with Gasteiger partial charge in [0.25, 0.3) is 5.91 Å². The molecule has 13 heteroatoms. The Bertz CT molecular complexity index is 1380. The first kappa shape index (κ1) is 27.4. The number of halogens is 1. The Morgan fingerprint density at radius 1 is 1.18 bits per heavy atom. The number of morpholine rings is 1. The van der Waals surface area contributed by atoms with Crippen molar-refractivity contribution in [3.8, 4) is 0 Å². The number of carbonyl (C=O) groups excluding carboxylic acids is 1. The minimum absolute atomic E-state index is 0.171. The highest BCUT2D eigenvalue weighted by molar-refractivity contribution is 7.92. The van der Waals surface area contributed by atoms with Gasteiger partial charge in [0.1, 0.15) is 17.9 Å². The van der Waals surface area contributed by atoms with Crippen molar-refractivity contribution in [3.63, 3.8) is 0 Å². The number of anilines is 3. The van der Waals surface area contributed by atoms with Gasteiger partial charge in [-0.3, -0.25) is 4.79 Å². The molecule has 1 unspecified atom stereocenters. The summed E-state index contributed by atoms with van der Waals surface area (Å²) in [4.78, 5) is 25.2. The molecule has 3 saturated heterocycles. The van der Waals surface area contributed by atoms with Gasteiger partial charge in [0.05, 0.1) is 47.6 Å². The van der Waals surface area contributed by atoms with Crippen LogP contribution in [0.25, 0.3) is 5.65 Å². The maximum atomic E-state index is 13.9. The summed E-state index contributed by atoms with van der Waals surface area (Å²) in [5.41, 5.74) is 2.40. The van der Waals surface area contributed by atoms with Gasteiger partial charge < -0.3 is 29.1 Å². The monoisotopic (exact) mass is 587 g/mol. The number of aromatic nitrogens is 3. The number of aliphatic hydroxyl groups excluding tert-OH is 1. The lowest BCUT2D eigenvalue weighted by molar-refractivity contribution is 0.0607. The predicted octanol–water partition coefficient (Wildman–Crippen LogP) is 2.72. The minimum Gasteiger partial charge on any atom is -0.593 e. The van der Waals surface area contributed by atoms with Gasteiger partial charge in [0, 0.05) is 62.4 Å². The second kappa shape index (κ2) is 11.6. The number of nitrogens with zero attached hydrogens (tertiary/aromatic N) is 6. The van der Waals surface area contributed by atoms with Crippen LogP contribution >= 0.6 is 11.6 Å². The Morgan fingerprint density at radius 2 is 1.98 bits per heavy atom. The normalized spacial score (nSPS) is 21.0. The summed E-state index contributed by atoms with van der Waals surface area (Å²) in [7, 11) is 0. The molecule has 1 amide bonds. The van der Waals surface area contributed by atoms with Gasteiger partial charge in [0.2, 0.25) is 0 Å². The SMILES string of the molecule is C[S+]([O-])Nc1ccc(Cl)cc1C(=O)N1CCCC[C@H]1c1cc2nc(N3CC(CO)C3)cc(N3CCOCC3)n2n1. The third-order valence-electron chi connectivity index (χ3n) is 7.86. The molecule has 0 aliphatic carbocycles. The van der Waals surface area contributed by atoms with Crippen LogP contribution in [0.3, 0.4) is 0 Å². The van der Waals surface area contributed by atoms with Gasteiger partial charge in [0.15, 0.2) is 5.65 Å². The fraction of sp³-hybridized carbons (Fsp3) is 0.519. The number of ether oxygens (including phenoxy) is 1. The largest absolute Gasteiger partial charge is 0.593 e. The van der Waals surface area contributed by atoms with E-state index in [0.29, 0.717) is 36.0 Å². The van der Waals surface area contributed by atoms with E-state index in [4.69, 9.17) is 26.4 Å². The van der Waals surface area contributed by atoms with Crippen molar-refractivity contribution in [1.29, 1.82) is 0 Å². The average molecular weight is 588 g/mol. The van der Waals surface area contributed by atoms with E-state index in [0.717, 1.165) is 68.4 Å².